The fourth-order valence-corrected chi connectivity index (χ4v) is 1.64. The molecule has 1 N–H and O–H groups in total. The lowest BCUT2D eigenvalue weighted by Gasteiger charge is -2.24. The second-order valence-electron chi connectivity index (χ2n) is 5.10. The third-order valence-corrected chi connectivity index (χ3v) is 2.33. The minimum absolute atomic E-state index is 0.251. The Morgan fingerprint density at radius 3 is 2.50 bits per heavy atom. The van der Waals surface area contributed by atoms with Gasteiger partial charge >= 0.3 is 0 Å². The lowest BCUT2D eigenvalue weighted by Crippen LogP contribution is -2.31. The highest BCUT2D eigenvalue weighted by atomic mass is 16.5. The number of rotatable bonds is 8. The van der Waals surface area contributed by atoms with Gasteiger partial charge < -0.3 is 10.1 Å². The summed E-state index contributed by atoms with van der Waals surface area (Å²) in [6.45, 7) is 11.7. The Hall–Kier alpha value is -0.0800. The minimum Gasteiger partial charge on any atom is -0.381 e. The monoisotopic (exact) mass is 201 g/mol. The first-order valence-electron chi connectivity index (χ1n) is 5.74. The van der Waals surface area contributed by atoms with Crippen LogP contribution in [0.5, 0.6) is 0 Å². The zero-order chi connectivity index (χ0) is 11.0. The molecule has 14 heavy (non-hydrogen) atoms. The van der Waals surface area contributed by atoms with Gasteiger partial charge in [-0.25, -0.2) is 0 Å². The molecule has 0 saturated carbocycles. The molecule has 0 heterocycles. The summed E-state index contributed by atoms with van der Waals surface area (Å²) in [5, 5.41) is 3.19. The number of hydrogen-bond acceptors (Lipinski definition) is 2. The molecule has 0 aromatic carbocycles. The summed E-state index contributed by atoms with van der Waals surface area (Å²) in [7, 11) is 1.99. The molecule has 0 spiro atoms. The van der Waals surface area contributed by atoms with E-state index in [1.165, 1.54) is 12.8 Å². The van der Waals surface area contributed by atoms with Gasteiger partial charge in [0.25, 0.3) is 0 Å². The van der Waals surface area contributed by atoms with Gasteiger partial charge in [0, 0.05) is 18.6 Å². The maximum absolute atomic E-state index is 5.73. The molecule has 0 aromatic heterocycles. The van der Waals surface area contributed by atoms with Crippen LogP contribution in [-0.4, -0.2) is 26.8 Å². The molecule has 0 aliphatic rings. The second kappa shape index (κ2) is 7.24. The van der Waals surface area contributed by atoms with Crippen molar-refractivity contribution in [3.8, 4) is 0 Å². The molecule has 0 aromatic rings. The topological polar surface area (TPSA) is 21.3 Å². The summed E-state index contributed by atoms with van der Waals surface area (Å²) in [5.74, 6) is 0.699. The second-order valence-corrected chi connectivity index (χ2v) is 5.10. The molecule has 1 unspecified atom stereocenters. The highest BCUT2D eigenvalue weighted by molar-refractivity contribution is 4.69. The molecule has 2 nitrogen and oxygen atoms in total. The largest absolute Gasteiger partial charge is 0.381 e. The smallest absolute Gasteiger partial charge is 0.0529 e. The van der Waals surface area contributed by atoms with Crippen molar-refractivity contribution in [2.75, 3.05) is 26.8 Å². The molecule has 0 saturated heterocycles. The summed E-state index contributed by atoms with van der Waals surface area (Å²) in [6, 6.07) is 0. The molecular weight excluding hydrogens is 174 g/mol. The van der Waals surface area contributed by atoms with Gasteiger partial charge in [-0.15, -0.1) is 0 Å². The van der Waals surface area contributed by atoms with Crippen LogP contribution in [0.25, 0.3) is 0 Å². The summed E-state index contributed by atoms with van der Waals surface area (Å²) < 4.78 is 5.73. The average molecular weight is 201 g/mol. The van der Waals surface area contributed by atoms with Gasteiger partial charge in [0.05, 0.1) is 6.61 Å². The van der Waals surface area contributed by atoms with E-state index in [0.29, 0.717) is 5.92 Å². The summed E-state index contributed by atoms with van der Waals surface area (Å²) in [6.07, 6.45) is 2.52. The molecule has 0 bridgehead atoms. The van der Waals surface area contributed by atoms with Crippen LogP contribution in [-0.2, 0) is 4.74 Å². The van der Waals surface area contributed by atoms with E-state index in [-0.39, 0.29) is 5.41 Å². The van der Waals surface area contributed by atoms with Crippen molar-refractivity contribution >= 4 is 0 Å². The van der Waals surface area contributed by atoms with Crippen LogP contribution in [0.4, 0.5) is 0 Å². The minimum atomic E-state index is 0.251. The predicted octanol–water partition coefficient (Wildman–Crippen LogP) is 2.68. The van der Waals surface area contributed by atoms with Crippen molar-refractivity contribution in [1.82, 2.24) is 5.32 Å². The fraction of sp³-hybridized carbons (Fsp3) is 1.00. The first-order chi connectivity index (χ1) is 6.52. The summed E-state index contributed by atoms with van der Waals surface area (Å²) in [4.78, 5) is 0. The predicted molar refractivity (Wildman–Crippen MR) is 62.6 cm³/mol. The van der Waals surface area contributed by atoms with E-state index in [4.69, 9.17) is 4.74 Å². The quantitative estimate of drug-likeness (QED) is 0.652. The Bertz CT molecular complexity index is 134. The molecular formula is C12H27NO. The van der Waals surface area contributed by atoms with Gasteiger partial charge in [-0.2, -0.15) is 0 Å². The van der Waals surface area contributed by atoms with E-state index in [1.807, 2.05) is 7.05 Å². The van der Waals surface area contributed by atoms with Crippen LogP contribution in [0, 0.1) is 11.3 Å². The van der Waals surface area contributed by atoms with Gasteiger partial charge in [0.1, 0.15) is 0 Å². The third-order valence-electron chi connectivity index (χ3n) is 2.33. The van der Waals surface area contributed by atoms with Crippen molar-refractivity contribution in [2.45, 2.75) is 40.5 Å². The fourth-order valence-electron chi connectivity index (χ4n) is 1.64. The zero-order valence-electron chi connectivity index (χ0n) is 10.5. The molecule has 0 aliphatic carbocycles. The van der Waals surface area contributed by atoms with E-state index in [0.717, 1.165) is 19.8 Å². The van der Waals surface area contributed by atoms with Crippen LogP contribution in [0.2, 0.25) is 0 Å². The van der Waals surface area contributed by atoms with Crippen molar-refractivity contribution < 1.29 is 4.74 Å². The summed E-state index contributed by atoms with van der Waals surface area (Å²) in [5.41, 5.74) is 0.251. The normalized spacial score (nSPS) is 14.4. The van der Waals surface area contributed by atoms with Crippen LogP contribution in [0.3, 0.4) is 0 Å². The Balaban J connectivity index is 3.51. The van der Waals surface area contributed by atoms with Crippen molar-refractivity contribution in [2.24, 2.45) is 11.3 Å². The molecule has 0 aliphatic heterocycles. The Morgan fingerprint density at radius 1 is 1.36 bits per heavy atom. The maximum Gasteiger partial charge on any atom is 0.0529 e. The van der Waals surface area contributed by atoms with Crippen molar-refractivity contribution in [3.63, 3.8) is 0 Å². The maximum atomic E-state index is 5.73. The highest BCUT2D eigenvalue weighted by Crippen LogP contribution is 2.15. The third kappa shape index (κ3) is 7.34. The van der Waals surface area contributed by atoms with Gasteiger partial charge in [-0.1, -0.05) is 34.1 Å². The summed E-state index contributed by atoms with van der Waals surface area (Å²) >= 11 is 0. The van der Waals surface area contributed by atoms with E-state index < -0.39 is 0 Å². The first kappa shape index (κ1) is 13.9. The van der Waals surface area contributed by atoms with Gasteiger partial charge in [0.2, 0.25) is 0 Å². The lowest BCUT2D eigenvalue weighted by atomic mass is 9.95. The van der Waals surface area contributed by atoms with E-state index in [2.05, 4.69) is 33.0 Å². The molecule has 0 radical (unpaired) electrons. The zero-order valence-corrected chi connectivity index (χ0v) is 10.5. The lowest BCUT2D eigenvalue weighted by molar-refractivity contribution is 0.0426. The molecule has 1 atom stereocenters. The van der Waals surface area contributed by atoms with E-state index in [1.54, 1.807) is 0 Å². The average Bonchev–Trinajstić information content (AvgIpc) is 2.03. The van der Waals surface area contributed by atoms with Crippen LogP contribution in [0.15, 0.2) is 0 Å². The molecule has 0 fully saturated rings. The van der Waals surface area contributed by atoms with Crippen LogP contribution in [0.1, 0.15) is 40.5 Å². The number of ether oxygens (including phenoxy) is 1. The van der Waals surface area contributed by atoms with Crippen molar-refractivity contribution in [1.29, 1.82) is 0 Å². The Morgan fingerprint density at radius 2 is 2.00 bits per heavy atom. The van der Waals surface area contributed by atoms with Crippen LogP contribution >= 0.6 is 0 Å². The number of nitrogens with one attached hydrogen (secondary N) is 1. The Kier molecular flexibility index (Phi) is 7.20. The van der Waals surface area contributed by atoms with E-state index in [9.17, 15) is 0 Å². The van der Waals surface area contributed by atoms with E-state index >= 15 is 0 Å². The highest BCUT2D eigenvalue weighted by Gasteiger charge is 2.17. The molecule has 0 rings (SSSR count). The first-order valence-corrected chi connectivity index (χ1v) is 5.74. The van der Waals surface area contributed by atoms with Gasteiger partial charge in [-0.3, -0.25) is 0 Å². The van der Waals surface area contributed by atoms with Gasteiger partial charge in [0.15, 0.2) is 0 Å². The van der Waals surface area contributed by atoms with Crippen LogP contribution < -0.4 is 5.32 Å². The van der Waals surface area contributed by atoms with Crippen molar-refractivity contribution in [3.05, 3.63) is 0 Å². The SMILES string of the molecule is CCCC(C)COCC(C)(C)CNC. The Labute approximate surface area is 89.4 Å². The number of hydrogen-bond donors (Lipinski definition) is 1. The molecule has 2 heteroatoms. The van der Waals surface area contributed by atoms with Gasteiger partial charge in [-0.05, 0) is 19.4 Å². The standard InChI is InChI=1S/C12H27NO/c1-6-7-11(2)8-14-10-12(3,4)9-13-5/h11,13H,6-10H2,1-5H3. The molecule has 86 valence electrons. The molecule has 0 amide bonds.